The second-order valence-electron chi connectivity index (χ2n) is 4.01. The van der Waals surface area contributed by atoms with Crippen molar-refractivity contribution >= 4 is 5.82 Å². The number of hydrogen-bond donors (Lipinski definition) is 1. The van der Waals surface area contributed by atoms with Crippen molar-refractivity contribution in [3.63, 3.8) is 0 Å². The monoisotopic (exact) mass is 246 g/mol. The lowest BCUT2D eigenvalue weighted by molar-refractivity contribution is 0.0907. The summed E-state index contributed by atoms with van der Waals surface area (Å²) in [7, 11) is 0. The Morgan fingerprint density at radius 3 is 2.94 bits per heavy atom. The Bertz CT molecular complexity index is 455. The maximum atomic E-state index is 5.54. The number of furan rings is 1. The summed E-state index contributed by atoms with van der Waals surface area (Å²) in [4.78, 5) is 4.46. The van der Waals surface area contributed by atoms with Crippen molar-refractivity contribution in [1.82, 2.24) is 4.98 Å². The molecule has 0 aliphatic heterocycles. The van der Waals surface area contributed by atoms with Crippen LogP contribution in [0.25, 0.3) is 0 Å². The molecule has 0 spiro atoms. The molecule has 4 heteroatoms. The lowest BCUT2D eigenvalue weighted by Crippen LogP contribution is -2.04. The summed E-state index contributed by atoms with van der Waals surface area (Å²) < 4.78 is 10.7. The van der Waals surface area contributed by atoms with Crippen LogP contribution in [0, 0.1) is 0 Å². The van der Waals surface area contributed by atoms with E-state index in [1.165, 1.54) is 0 Å². The molecule has 0 saturated carbocycles. The first-order chi connectivity index (χ1) is 8.88. The number of anilines is 1. The Morgan fingerprint density at radius 1 is 1.22 bits per heavy atom. The molecule has 0 fully saturated rings. The van der Waals surface area contributed by atoms with E-state index >= 15 is 0 Å². The number of pyridine rings is 1. The van der Waals surface area contributed by atoms with Crippen molar-refractivity contribution in [2.24, 2.45) is 0 Å². The smallest absolute Gasteiger partial charge is 0.129 e. The summed E-state index contributed by atoms with van der Waals surface area (Å²) in [6.07, 6.45) is 2.73. The Kier molecular flexibility index (Phi) is 4.78. The van der Waals surface area contributed by atoms with E-state index < -0.39 is 0 Å². The Labute approximate surface area is 107 Å². The molecule has 1 N–H and O–H groups in total. The molecule has 0 radical (unpaired) electrons. The fourth-order valence-electron chi connectivity index (χ4n) is 1.56. The van der Waals surface area contributed by atoms with Gasteiger partial charge in [-0.2, -0.15) is 0 Å². The third-order valence-corrected chi connectivity index (χ3v) is 2.44. The van der Waals surface area contributed by atoms with Gasteiger partial charge in [0, 0.05) is 6.54 Å². The first kappa shape index (κ1) is 12.6. The zero-order valence-corrected chi connectivity index (χ0v) is 10.6. The molecule has 2 aromatic rings. The molecule has 2 rings (SSSR count). The fourth-order valence-corrected chi connectivity index (χ4v) is 1.56. The zero-order chi connectivity index (χ0) is 12.6. The number of ether oxygens (including phenoxy) is 1. The normalized spacial score (nSPS) is 10.5. The van der Waals surface area contributed by atoms with Crippen molar-refractivity contribution in [2.45, 2.75) is 26.6 Å². The van der Waals surface area contributed by atoms with E-state index in [9.17, 15) is 0 Å². The molecule has 0 atom stereocenters. The number of rotatable bonds is 7. The molecular formula is C14H18N2O2. The topological polar surface area (TPSA) is 47.3 Å². The predicted octanol–water partition coefficient (Wildman–Crippen LogP) is 3.21. The zero-order valence-electron chi connectivity index (χ0n) is 10.6. The van der Waals surface area contributed by atoms with Gasteiger partial charge in [0.05, 0.1) is 18.6 Å². The highest BCUT2D eigenvalue weighted by Crippen LogP contribution is 2.08. The van der Waals surface area contributed by atoms with E-state index in [1.54, 1.807) is 6.26 Å². The van der Waals surface area contributed by atoms with Crippen LogP contribution in [0.2, 0.25) is 0 Å². The second kappa shape index (κ2) is 6.81. The molecular weight excluding hydrogens is 228 g/mol. The number of aromatic nitrogens is 1. The first-order valence-electron chi connectivity index (χ1n) is 6.18. The van der Waals surface area contributed by atoms with Gasteiger partial charge in [-0.1, -0.05) is 13.0 Å². The van der Waals surface area contributed by atoms with Crippen LogP contribution >= 0.6 is 0 Å². The third kappa shape index (κ3) is 3.89. The molecule has 96 valence electrons. The average molecular weight is 246 g/mol. The summed E-state index contributed by atoms with van der Waals surface area (Å²) in [5.41, 5.74) is 0.919. The van der Waals surface area contributed by atoms with Crippen LogP contribution in [-0.4, -0.2) is 11.5 Å². The fraction of sp³-hybridized carbons (Fsp3) is 0.357. The Hall–Kier alpha value is -1.81. The van der Waals surface area contributed by atoms with Gasteiger partial charge in [0.25, 0.3) is 0 Å². The second-order valence-corrected chi connectivity index (χ2v) is 4.01. The predicted molar refractivity (Wildman–Crippen MR) is 70.2 cm³/mol. The average Bonchev–Trinajstić information content (AvgIpc) is 2.90. The first-order valence-corrected chi connectivity index (χ1v) is 6.18. The van der Waals surface area contributed by atoms with Gasteiger partial charge in [-0.3, -0.25) is 0 Å². The minimum Gasteiger partial charge on any atom is -0.467 e. The summed E-state index contributed by atoms with van der Waals surface area (Å²) in [6.45, 7) is 4.02. The molecule has 2 aromatic heterocycles. The number of nitrogens with one attached hydrogen (secondary N) is 1. The summed E-state index contributed by atoms with van der Waals surface area (Å²) in [6, 6.07) is 9.65. The lowest BCUT2D eigenvalue weighted by Gasteiger charge is -2.06. The molecule has 0 aromatic carbocycles. The van der Waals surface area contributed by atoms with Gasteiger partial charge >= 0.3 is 0 Å². The highest BCUT2D eigenvalue weighted by Gasteiger charge is 1.99. The Morgan fingerprint density at radius 2 is 2.17 bits per heavy atom. The van der Waals surface area contributed by atoms with Crippen molar-refractivity contribution in [3.05, 3.63) is 48.0 Å². The van der Waals surface area contributed by atoms with Gasteiger partial charge < -0.3 is 14.5 Å². The minimum absolute atomic E-state index is 0.474. The largest absolute Gasteiger partial charge is 0.467 e. The van der Waals surface area contributed by atoms with Crippen LogP contribution in [-0.2, 0) is 18.0 Å². The van der Waals surface area contributed by atoms with E-state index in [4.69, 9.17) is 9.15 Å². The van der Waals surface area contributed by atoms with Gasteiger partial charge in [-0.05, 0) is 30.7 Å². The van der Waals surface area contributed by atoms with Gasteiger partial charge in [-0.25, -0.2) is 4.98 Å². The highest BCUT2D eigenvalue weighted by molar-refractivity contribution is 5.34. The summed E-state index contributed by atoms with van der Waals surface area (Å²) >= 11 is 0. The molecule has 4 nitrogen and oxygen atoms in total. The van der Waals surface area contributed by atoms with Gasteiger partial charge in [0.1, 0.15) is 18.2 Å². The number of nitrogens with zero attached hydrogens (tertiary/aromatic N) is 1. The van der Waals surface area contributed by atoms with E-state index in [0.29, 0.717) is 13.2 Å². The standard InChI is InChI=1S/C14H18N2O2/c1-2-8-15-14-7-3-5-12(16-14)10-17-11-13-6-4-9-18-13/h3-7,9H,2,8,10-11H2,1H3,(H,15,16). The molecule has 2 heterocycles. The van der Waals surface area contributed by atoms with Crippen molar-refractivity contribution in [3.8, 4) is 0 Å². The van der Waals surface area contributed by atoms with E-state index in [0.717, 1.165) is 30.2 Å². The van der Waals surface area contributed by atoms with Crippen LogP contribution in [0.15, 0.2) is 41.0 Å². The molecule has 0 unspecified atom stereocenters. The maximum absolute atomic E-state index is 5.54. The molecule has 0 saturated heterocycles. The minimum atomic E-state index is 0.474. The van der Waals surface area contributed by atoms with Crippen LogP contribution in [0.5, 0.6) is 0 Å². The van der Waals surface area contributed by atoms with Gasteiger partial charge in [-0.15, -0.1) is 0 Å². The molecule has 0 aliphatic rings. The highest BCUT2D eigenvalue weighted by atomic mass is 16.5. The SMILES string of the molecule is CCCNc1cccc(COCc2ccco2)n1. The van der Waals surface area contributed by atoms with E-state index in [1.807, 2.05) is 30.3 Å². The third-order valence-electron chi connectivity index (χ3n) is 2.44. The van der Waals surface area contributed by atoms with Crippen LogP contribution in [0.3, 0.4) is 0 Å². The molecule has 0 aliphatic carbocycles. The van der Waals surface area contributed by atoms with Crippen LogP contribution in [0.1, 0.15) is 24.8 Å². The van der Waals surface area contributed by atoms with Crippen molar-refractivity contribution in [2.75, 3.05) is 11.9 Å². The maximum Gasteiger partial charge on any atom is 0.129 e. The molecule has 18 heavy (non-hydrogen) atoms. The van der Waals surface area contributed by atoms with Gasteiger partial charge in [0.15, 0.2) is 0 Å². The Balaban J connectivity index is 1.81. The number of hydrogen-bond acceptors (Lipinski definition) is 4. The van der Waals surface area contributed by atoms with Crippen molar-refractivity contribution < 1.29 is 9.15 Å². The van der Waals surface area contributed by atoms with Crippen LogP contribution < -0.4 is 5.32 Å². The van der Waals surface area contributed by atoms with Gasteiger partial charge in [0.2, 0.25) is 0 Å². The van der Waals surface area contributed by atoms with E-state index in [2.05, 4.69) is 17.2 Å². The van der Waals surface area contributed by atoms with Crippen molar-refractivity contribution in [1.29, 1.82) is 0 Å². The molecule has 0 amide bonds. The quantitative estimate of drug-likeness (QED) is 0.815. The summed E-state index contributed by atoms with van der Waals surface area (Å²) in [5.74, 6) is 1.73. The van der Waals surface area contributed by atoms with E-state index in [-0.39, 0.29) is 0 Å². The van der Waals surface area contributed by atoms with Crippen LogP contribution in [0.4, 0.5) is 5.82 Å². The lowest BCUT2D eigenvalue weighted by atomic mass is 10.3. The molecule has 0 bridgehead atoms. The summed E-state index contributed by atoms with van der Waals surface area (Å²) in [5, 5.41) is 3.25.